The number of benzene rings is 2. The second kappa shape index (κ2) is 12.0. The van der Waals surface area contributed by atoms with Crippen LogP contribution in [-0.2, 0) is 16.6 Å². The molecule has 7 rings (SSSR count). The molecule has 240 valence electrons. The van der Waals surface area contributed by atoms with E-state index in [2.05, 4.69) is 27.7 Å². The molecule has 3 fully saturated rings. The number of hydrogen-bond acceptors (Lipinski definition) is 5. The van der Waals surface area contributed by atoms with Crippen LogP contribution in [0, 0.1) is 11.8 Å². The lowest BCUT2D eigenvalue weighted by Gasteiger charge is -2.38. The highest BCUT2D eigenvalue weighted by Gasteiger charge is 2.46. The van der Waals surface area contributed by atoms with Crippen molar-refractivity contribution < 1.29 is 9.53 Å². The summed E-state index contributed by atoms with van der Waals surface area (Å²) in [5.74, 6) is 2.24. The molecule has 1 amide bonds. The Morgan fingerprint density at radius 1 is 0.978 bits per heavy atom. The fourth-order valence-electron chi connectivity index (χ4n) is 8.55. The molecule has 1 aliphatic carbocycles. The molecule has 3 aliphatic heterocycles. The van der Waals surface area contributed by atoms with Crippen molar-refractivity contribution in [2.24, 2.45) is 11.8 Å². The van der Waals surface area contributed by atoms with E-state index in [9.17, 15) is 9.59 Å². The van der Waals surface area contributed by atoms with Gasteiger partial charge in [-0.3, -0.25) is 9.36 Å². The first-order valence-corrected chi connectivity index (χ1v) is 17.5. The van der Waals surface area contributed by atoms with Gasteiger partial charge in [0.2, 0.25) is 0 Å². The molecule has 0 unspecified atom stereocenters. The van der Waals surface area contributed by atoms with E-state index in [0.29, 0.717) is 22.2 Å². The summed E-state index contributed by atoms with van der Waals surface area (Å²) in [6.45, 7) is 10.8. The highest BCUT2D eigenvalue weighted by Crippen LogP contribution is 2.52. The van der Waals surface area contributed by atoms with E-state index in [1.54, 1.807) is 6.07 Å². The van der Waals surface area contributed by atoms with Crippen molar-refractivity contribution in [3.05, 3.63) is 68.7 Å². The van der Waals surface area contributed by atoms with Crippen molar-refractivity contribution in [2.75, 3.05) is 32.7 Å². The lowest BCUT2D eigenvalue weighted by atomic mass is 9.69. The lowest BCUT2D eigenvalue weighted by Crippen LogP contribution is -2.44. The van der Waals surface area contributed by atoms with Crippen molar-refractivity contribution in [2.45, 2.75) is 96.0 Å². The molecule has 45 heavy (non-hydrogen) atoms. The number of carbonyl (C=O) groups excluding carboxylic acids is 1. The maximum Gasteiger partial charge on any atom is 0.410 e. The minimum atomic E-state index is -0.443. The molecule has 4 heterocycles. The molecule has 8 heteroatoms. The number of halogens is 1. The monoisotopic (exact) mass is 630 g/mol. The summed E-state index contributed by atoms with van der Waals surface area (Å²) < 4.78 is 7.82. The van der Waals surface area contributed by atoms with E-state index in [1.165, 1.54) is 36.1 Å². The third-order valence-electron chi connectivity index (χ3n) is 10.8. The van der Waals surface area contributed by atoms with Gasteiger partial charge in [-0.25, -0.2) is 4.79 Å². The normalized spacial score (nSPS) is 20.8. The van der Waals surface area contributed by atoms with Crippen molar-refractivity contribution in [1.82, 2.24) is 19.4 Å². The lowest BCUT2D eigenvalue weighted by molar-refractivity contribution is 0.0164. The van der Waals surface area contributed by atoms with Gasteiger partial charge in [0, 0.05) is 19.6 Å². The highest BCUT2D eigenvalue weighted by atomic mass is 35.5. The Balaban J connectivity index is 1.02. The van der Waals surface area contributed by atoms with E-state index in [-0.39, 0.29) is 17.1 Å². The largest absolute Gasteiger partial charge is 0.444 e. The molecule has 3 aromatic rings. The summed E-state index contributed by atoms with van der Waals surface area (Å²) >= 11 is 6.53. The Morgan fingerprint density at radius 2 is 1.69 bits per heavy atom. The van der Waals surface area contributed by atoms with Crippen LogP contribution in [-0.4, -0.2) is 63.8 Å². The first kappa shape index (κ1) is 30.7. The third kappa shape index (κ3) is 5.91. The number of aromatic nitrogens is 2. The molecular weight excluding hydrogens is 584 g/mol. The second-order valence-electron chi connectivity index (χ2n) is 15.1. The van der Waals surface area contributed by atoms with Crippen LogP contribution < -0.4 is 5.56 Å². The van der Waals surface area contributed by atoms with Crippen LogP contribution in [0.25, 0.3) is 16.6 Å². The van der Waals surface area contributed by atoms with E-state index in [0.717, 1.165) is 89.0 Å². The number of fused-ring (bicyclic) bond motifs is 7. The van der Waals surface area contributed by atoms with E-state index in [4.69, 9.17) is 21.3 Å². The Bertz CT molecular complexity index is 1640. The van der Waals surface area contributed by atoms with E-state index in [1.807, 2.05) is 37.8 Å². The molecule has 0 atom stereocenters. The number of hydrogen-bond donors (Lipinski definition) is 0. The summed E-state index contributed by atoms with van der Waals surface area (Å²) in [5, 5.41) is 0.992. The van der Waals surface area contributed by atoms with E-state index < -0.39 is 5.60 Å². The van der Waals surface area contributed by atoms with Gasteiger partial charge in [0.25, 0.3) is 5.56 Å². The molecule has 7 nitrogen and oxygen atoms in total. The minimum absolute atomic E-state index is 0.172. The van der Waals surface area contributed by atoms with Gasteiger partial charge in [-0.1, -0.05) is 49.1 Å². The van der Waals surface area contributed by atoms with Gasteiger partial charge in [0.05, 0.1) is 27.0 Å². The predicted octanol–water partition coefficient (Wildman–Crippen LogP) is 7.50. The summed E-state index contributed by atoms with van der Waals surface area (Å²) in [7, 11) is 0. The topological polar surface area (TPSA) is 67.7 Å². The average molecular weight is 631 g/mol. The van der Waals surface area contributed by atoms with Gasteiger partial charge in [-0.05, 0) is 120 Å². The Hall–Kier alpha value is -2.90. The molecule has 4 aliphatic rings. The second-order valence-corrected chi connectivity index (χ2v) is 15.5. The minimum Gasteiger partial charge on any atom is -0.444 e. The molecule has 0 radical (unpaired) electrons. The number of rotatable bonds is 4. The molecular formula is C37H47ClN4O3. The first-order valence-electron chi connectivity index (χ1n) is 17.2. The molecule has 2 saturated heterocycles. The van der Waals surface area contributed by atoms with Gasteiger partial charge in [-0.15, -0.1) is 0 Å². The quantitative estimate of drug-likeness (QED) is 0.299. The summed E-state index contributed by atoms with van der Waals surface area (Å²) in [6.07, 6.45) is 11.1. The van der Waals surface area contributed by atoms with Gasteiger partial charge in [-0.2, -0.15) is 4.98 Å². The number of carbonyl (C=O) groups is 1. The summed E-state index contributed by atoms with van der Waals surface area (Å²) in [4.78, 5) is 35.0. The van der Waals surface area contributed by atoms with Crippen molar-refractivity contribution in [3.63, 3.8) is 0 Å². The van der Waals surface area contributed by atoms with Crippen molar-refractivity contribution in [3.8, 4) is 5.69 Å². The molecule has 1 saturated carbocycles. The van der Waals surface area contributed by atoms with Gasteiger partial charge < -0.3 is 14.5 Å². The molecule has 1 spiro atoms. The number of nitrogens with zero attached hydrogens (tertiary/aromatic N) is 4. The zero-order valence-corrected chi connectivity index (χ0v) is 27.9. The zero-order valence-electron chi connectivity index (χ0n) is 27.1. The number of amides is 1. The fourth-order valence-corrected chi connectivity index (χ4v) is 8.80. The van der Waals surface area contributed by atoms with Crippen LogP contribution in [0.1, 0.15) is 95.5 Å². The molecule has 0 bridgehead atoms. The Labute approximate surface area is 271 Å². The predicted molar refractivity (Wildman–Crippen MR) is 180 cm³/mol. The summed E-state index contributed by atoms with van der Waals surface area (Å²) in [6, 6.07) is 12.8. The van der Waals surface area contributed by atoms with Crippen LogP contribution in [0.3, 0.4) is 0 Å². The van der Waals surface area contributed by atoms with Gasteiger partial charge in [0.1, 0.15) is 11.4 Å². The van der Waals surface area contributed by atoms with Gasteiger partial charge in [0.15, 0.2) is 0 Å². The maximum atomic E-state index is 13.3. The molecule has 2 aromatic carbocycles. The average Bonchev–Trinajstić information content (AvgIpc) is 3.26. The SMILES string of the molecule is CC(C)(C)OC(=O)N1CCC(CN2CCC(Cc3ccc4c(c3)C3(CCCCC3)c3nc(=O)c5c(Cl)cccc5n3-4)CC2)CC1. The number of likely N-dealkylation sites (tertiary alicyclic amines) is 2. The highest BCUT2D eigenvalue weighted by molar-refractivity contribution is 6.35. The summed E-state index contributed by atoms with van der Waals surface area (Å²) in [5.41, 5.74) is 3.96. The molecule has 0 N–H and O–H groups in total. The van der Waals surface area contributed by atoms with Crippen molar-refractivity contribution >= 4 is 28.6 Å². The standard InChI is InChI=1S/C37H47ClN4O3/c1-36(2,3)45-35(44)41-20-14-26(15-21-41)24-40-18-12-25(13-19-40)22-27-10-11-30-28(23-27)37(16-5-4-6-17-37)34-39-33(43)32-29(38)8-7-9-31(32)42(30)34/h7-11,23,25-26H,4-6,12-22,24H2,1-3H3. The fraction of sp³-hybridized carbons (Fsp3) is 0.595. The first-order chi connectivity index (χ1) is 21.6. The molecule has 1 aromatic heterocycles. The van der Waals surface area contributed by atoms with Crippen molar-refractivity contribution in [1.29, 1.82) is 0 Å². The zero-order chi connectivity index (χ0) is 31.3. The third-order valence-corrected chi connectivity index (χ3v) is 11.1. The number of piperidine rings is 2. The van der Waals surface area contributed by atoms with Crippen LogP contribution in [0.5, 0.6) is 0 Å². The number of ether oxygens (including phenoxy) is 1. The Morgan fingerprint density at radius 3 is 2.40 bits per heavy atom. The smallest absolute Gasteiger partial charge is 0.410 e. The van der Waals surface area contributed by atoms with E-state index >= 15 is 0 Å². The maximum absolute atomic E-state index is 13.3. The van der Waals surface area contributed by atoms with Crippen LogP contribution >= 0.6 is 11.6 Å². The van der Waals surface area contributed by atoms with Crippen LogP contribution in [0.2, 0.25) is 5.02 Å². The van der Waals surface area contributed by atoms with Gasteiger partial charge >= 0.3 is 6.09 Å². The van der Waals surface area contributed by atoms with Crippen LogP contribution in [0.4, 0.5) is 4.79 Å². The Kier molecular flexibility index (Phi) is 8.22. The van der Waals surface area contributed by atoms with Crippen LogP contribution in [0.15, 0.2) is 41.2 Å².